The highest BCUT2D eigenvalue weighted by molar-refractivity contribution is 7.09. The molecule has 0 radical (unpaired) electrons. The Morgan fingerprint density at radius 2 is 1.88 bits per heavy atom. The predicted molar refractivity (Wildman–Crippen MR) is 101 cm³/mol. The molecule has 0 aliphatic carbocycles. The van der Waals surface area contributed by atoms with Gasteiger partial charge in [-0.3, -0.25) is 0 Å². The van der Waals surface area contributed by atoms with E-state index in [1.807, 2.05) is 42.5 Å². The van der Waals surface area contributed by atoms with Crippen molar-refractivity contribution >= 4 is 28.4 Å². The molecule has 4 aromatic rings. The first-order valence-corrected chi connectivity index (χ1v) is 9.23. The van der Waals surface area contributed by atoms with E-state index in [2.05, 4.69) is 38.1 Å². The average Bonchev–Trinajstić information content (AvgIpc) is 3.29. The van der Waals surface area contributed by atoms with Crippen LogP contribution >= 0.6 is 11.3 Å². The maximum Gasteiger partial charge on any atom is 0.344 e. The van der Waals surface area contributed by atoms with E-state index < -0.39 is 0 Å². The van der Waals surface area contributed by atoms with Crippen LogP contribution in [-0.2, 0) is 12.8 Å². The summed E-state index contributed by atoms with van der Waals surface area (Å²) in [4.78, 5) is 16.9. The molecule has 0 saturated carbocycles. The van der Waals surface area contributed by atoms with Gasteiger partial charge in [-0.2, -0.15) is 4.68 Å². The Hall–Kier alpha value is -3.06. The Labute approximate surface area is 154 Å². The maximum absolute atomic E-state index is 12.3. The summed E-state index contributed by atoms with van der Waals surface area (Å²) in [6, 6.07) is 17.4. The van der Waals surface area contributed by atoms with Gasteiger partial charge in [-0.15, -0.1) is 16.4 Å². The van der Waals surface area contributed by atoms with Gasteiger partial charge in [0.15, 0.2) is 0 Å². The van der Waals surface area contributed by atoms with Gasteiger partial charge in [0.2, 0.25) is 0 Å². The summed E-state index contributed by atoms with van der Waals surface area (Å²) in [6.45, 7) is 0.505. The van der Waals surface area contributed by atoms with Gasteiger partial charge in [-0.05, 0) is 17.7 Å². The van der Waals surface area contributed by atoms with Gasteiger partial charge in [0.1, 0.15) is 5.52 Å². The predicted octanol–water partition coefficient (Wildman–Crippen LogP) is 3.28. The third-order valence-electron chi connectivity index (χ3n) is 3.99. The molecule has 6 nitrogen and oxygen atoms in total. The minimum Gasteiger partial charge on any atom is -0.336 e. The zero-order chi connectivity index (χ0) is 17.8. The maximum atomic E-state index is 12.3. The van der Waals surface area contributed by atoms with Gasteiger partial charge in [0.25, 0.3) is 0 Å². The minimum absolute atomic E-state index is 0.278. The van der Waals surface area contributed by atoms with Gasteiger partial charge in [-0.1, -0.05) is 47.7 Å². The van der Waals surface area contributed by atoms with E-state index in [4.69, 9.17) is 0 Å². The highest BCUT2D eigenvalue weighted by Crippen LogP contribution is 2.14. The summed E-state index contributed by atoms with van der Waals surface area (Å²) in [5.74, 6) is 0. The molecule has 26 heavy (non-hydrogen) atoms. The lowest BCUT2D eigenvalue weighted by Gasteiger charge is -2.03. The third-order valence-corrected chi connectivity index (χ3v) is 4.94. The Bertz CT molecular complexity index is 1020. The molecule has 2 heterocycles. The molecule has 0 aliphatic heterocycles. The minimum atomic E-state index is -0.278. The van der Waals surface area contributed by atoms with Gasteiger partial charge < -0.3 is 5.32 Å². The zero-order valence-corrected chi connectivity index (χ0v) is 14.8. The van der Waals surface area contributed by atoms with E-state index in [-0.39, 0.29) is 6.03 Å². The number of benzene rings is 2. The highest BCUT2D eigenvalue weighted by atomic mass is 32.1. The fourth-order valence-corrected chi connectivity index (χ4v) is 3.52. The molecule has 2 aromatic carbocycles. The molecule has 130 valence electrons. The van der Waals surface area contributed by atoms with Crippen LogP contribution in [0.25, 0.3) is 11.0 Å². The number of nitrogens with zero attached hydrogens (tertiary/aromatic N) is 4. The second-order valence-electron chi connectivity index (χ2n) is 5.87. The Kier molecular flexibility index (Phi) is 4.70. The SMILES string of the molecule is O=C(NCCc1nc(Cc2ccccc2)cs1)n1nnc2ccccc21. The Balaban J connectivity index is 1.33. The quantitative estimate of drug-likeness (QED) is 0.591. The largest absolute Gasteiger partial charge is 0.344 e. The topological polar surface area (TPSA) is 72.7 Å². The summed E-state index contributed by atoms with van der Waals surface area (Å²) in [7, 11) is 0. The van der Waals surface area contributed by atoms with Gasteiger partial charge in [0.05, 0.1) is 16.2 Å². The summed E-state index contributed by atoms with van der Waals surface area (Å²) < 4.78 is 1.29. The molecule has 1 amide bonds. The van der Waals surface area contributed by atoms with Crippen molar-refractivity contribution in [3.8, 4) is 0 Å². The van der Waals surface area contributed by atoms with Crippen molar-refractivity contribution in [1.29, 1.82) is 0 Å². The van der Waals surface area contributed by atoms with Crippen molar-refractivity contribution in [1.82, 2.24) is 25.3 Å². The molecule has 2 aromatic heterocycles. The number of carbonyl (C=O) groups excluding carboxylic acids is 1. The fourth-order valence-electron chi connectivity index (χ4n) is 2.72. The van der Waals surface area contributed by atoms with E-state index in [9.17, 15) is 4.79 Å². The van der Waals surface area contributed by atoms with E-state index in [1.165, 1.54) is 10.2 Å². The number of hydrogen-bond acceptors (Lipinski definition) is 5. The zero-order valence-electron chi connectivity index (χ0n) is 14.0. The monoisotopic (exact) mass is 363 g/mol. The number of aromatic nitrogens is 4. The number of thiazole rings is 1. The summed E-state index contributed by atoms with van der Waals surface area (Å²) in [6.07, 6.45) is 1.52. The molecule has 0 aliphatic rings. The second kappa shape index (κ2) is 7.45. The normalized spacial score (nSPS) is 10.9. The third kappa shape index (κ3) is 3.62. The first-order valence-electron chi connectivity index (χ1n) is 8.35. The molecule has 0 saturated heterocycles. The number of carbonyl (C=O) groups is 1. The molecular formula is C19H17N5OS. The van der Waals surface area contributed by atoms with Crippen LogP contribution in [0.5, 0.6) is 0 Å². The fraction of sp³-hybridized carbons (Fsp3) is 0.158. The van der Waals surface area contributed by atoms with Crippen molar-refractivity contribution < 1.29 is 4.79 Å². The summed E-state index contributed by atoms with van der Waals surface area (Å²) >= 11 is 1.62. The van der Waals surface area contributed by atoms with Gasteiger partial charge >= 0.3 is 6.03 Å². The van der Waals surface area contributed by atoms with Crippen LogP contribution in [0.1, 0.15) is 16.3 Å². The number of amides is 1. The summed E-state index contributed by atoms with van der Waals surface area (Å²) in [5, 5.41) is 13.9. The number of para-hydroxylation sites is 1. The van der Waals surface area contributed by atoms with E-state index >= 15 is 0 Å². The standard InChI is InChI=1S/C19H17N5OS/c25-19(24-17-9-5-4-8-16(17)22-23-24)20-11-10-18-21-15(13-26-18)12-14-6-2-1-3-7-14/h1-9,13H,10-12H2,(H,20,25). The number of nitrogens with one attached hydrogen (secondary N) is 1. The molecule has 0 unspecified atom stereocenters. The van der Waals surface area contributed by atoms with E-state index in [1.54, 1.807) is 11.3 Å². The van der Waals surface area contributed by atoms with Crippen molar-refractivity contribution in [2.45, 2.75) is 12.8 Å². The second-order valence-corrected chi connectivity index (χ2v) is 6.81. The van der Waals surface area contributed by atoms with Crippen molar-refractivity contribution in [3.05, 3.63) is 76.2 Å². The molecular weight excluding hydrogens is 346 g/mol. The van der Waals surface area contributed by atoms with Crippen LogP contribution in [0.2, 0.25) is 0 Å². The van der Waals surface area contributed by atoms with Crippen LogP contribution in [0.15, 0.2) is 60.0 Å². The lowest BCUT2D eigenvalue weighted by Crippen LogP contribution is -2.31. The average molecular weight is 363 g/mol. The first kappa shape index (κ1) is 16.4. The van der Waals surface area contributed by atoms with Crippen LogP contribution < -0.4 is 5.32 Å². The lowest BCUT2D eigenvalue weighted by atomic mass is 10.1. The summed E-state index contributed by atoms with van der Waals surface area (Å²) in [5.41, 5.74) is 3.71. The molecule has 0 bridgehead atoms. The molecule has 4 rings (SSSR count). The van der Waals surface area contributed by atoms with Crippen LogP contribution in [-0.4, -0.2) is 32.6 Å². The van der Waals surface area contributed by atoms with Crippen LogP contribution in [0.4, 0.5) is 4.79 Å². The lowest BCUT2D eigenvalue weighted by molar-refractivity contribution is 0.240. The smallest absolute Gasteiger partial charge is 0.336 e. The molecule has 7 heteroatoms. The Morgan fingerprint density at radius 1 is 1.08 bits per heavy atom. The molecule has 1 N–H and O–H groups in total. The van der Waals surface area contributed by atoms with Crippen LogP contribution in [0.3, 0.4) is 0 Å². The van der Waals surface area contributed by atoms with Crippen molar-refractivity contribution in [2.75, 3.05) is 6.54 Å². The number of rotatable bonds is 5. The molecule has 0 atom stereocenters. The number of hydrogen-bond donors (Lipinski definition) is 1. The van der Waals surface area contributed by atoms with E-state index in [0.29, 0.717) is 24.0 Å². The number of fused-ring (bicyclic) bond motifs is 1. The Morgan fingerprint density at radius 3 is 2.77 bits per heavy atom. The van der Waals surface area contributed by atoms with Gasteiger partial charge in [-0.25, -0.2) is 9.78 Å². The van der Waals surface area contributed by atoms with Crippen LogP contribution in [0, 0.1) is 0 Å². The van der Waals surface area contributed by atoms with Crippen molar-refractivity contribution in [2.24, 2.45) is 0 Å². The van der Waals surface area contributed by atoms with Crippen molar-refractivity contribution in [3.63, 3.8) is 0 Å². The molecule has 0 fully saturated rings. The van der Waals surface area contributed by atoms with Gasteiger partial charge in [0, 0.05) is 24.8 Å². The molecule has 0 spiro atoms. The first-order chi connectivity index (χ1) is 12.8. The van der Waals surface area contributed by atoms with E-state index in [0.717, 1.165) is 17.1 Å². The highest BCUT2D eigenvalue weighted by Gasteiger charge is 2.11.